The van der Waals surface area contributed by atoms with Crippen molar-refractivity contribution in [1.29, 1.82) is 0 Å². The minimum Gasteiger partial charge on any atom is -0.461 e. The number of aromatic nitrogens is 2. The summed E-state index contributed by atoms with van der Waals surface area (Å²) in [5, 5.41) is 0.130. The maximum Gasteiger partial charge on any atom is 0.369 e. The monoisotopic (exact) mass is 216 g/mol. The number of carbonyl (C=O) groups is 1. The largest absolute Gasteiger partial charge is 0.461 e. The van der Waals surface area contributed by atoms with Gasteiger partial charge in [0.1, 0.15) is 0 Å². The van der Waals surface area contributed by atoms with Crippen LogP contribution in [-0.2, 0) is 10.4 Å². The standard InChI is InChI=1S/C8H9FN2O2S/c1-2-13-6(12)5-10-7(11-14-5)8(9)3-4-8/h2-4H2,1H3. The van der Waals surface area contributed by atoms with Crippen LogP contribution in [0.1, 0.15) is 35.4 Å². The highest BCUT2D eigenvalue weighted by Crippen LogP contribution is 2.48. The third-order valence-electron chi connectivity index (χ3n) is 1.97. The summed E-state index contributed by atoms with van der Waals surface area (Å²) in [6.07, 6.45) is 0.901. The molecule has 0 bridgehead atoms. The van der Waals surface area contributed by atoms with Gasteiger partial charge in [0.25, 0.3) is 0 Å². The van der Waals surface area contributed by atoms with Gasteiger partial charge in [-0.15, -0.1) is 0 Å². The first kappa shape index (κ1) is 9.51. The number of ether oxygens (including phenoxy) is 1. The Labute approximate surface area is 84.3 Å². The Balaban J connectivity index is 2.13. The number of rotatable bonds is 3. The van der Waals surface area contributed by atoms with Crippen LogP contribution in [0.5, 0.6) is 0 Å². The van der Waals surface area contributed by atoms with Gasteiger partial charge in [0.15, 0.2) is 11.5 Å². The zero-order chi connectivity index (χ0) is 10.2. The van der Waals surface area contributed by atoms with Gasteiger partial charge in [-0.25, -0.2) is 14.2 Å². The van der Waals surface area contributed by atoms with E-state index in [1.165, 1.54) is 0 Å². The molecule has 4 nitrogen and oxygen atoms in total. The van der Waals surface area contributed by atoms with Crippen LogP contribution in [0, 0.1) is 0 Å². The van der Waals surface area contributed by atoms with Crippen LogP contribution in [0.25, 0.3) is 0 Å². The van der Waals surface area contributed by atoms with E-state index >= 15 is 0 Å². The minimum absolute atomic E-state index is 0.130. The first-order chi connectivity index (χ1) is 6.65. The zero-order valence-corrected chi connectivity index (χ0v) is 8.43. The molecule has 1 aliphatic carbocycles. The van der Waals surface area contributed by atoms with Gasteiger partial charge >= 0.3 is 5.97 Å². The summed E-state index contributed by atoms with van der Waals surface area (Å²) in [6, 6.07) is 0. The van der Waals surface area contributed by atoms with Crippen molar-refractivity contribution in [2.75, 3.05) is 6.61 Å². The molecular weight excluding hydrogens is 207 g/mol. The highest BCUT2D eigenvalue weighted by atomic mass is 32.1. The summed E-state index contributed by atoms with van der Waals surface area (Å²) in [4.78, 5) is 15.0. The van der Waals surface area contributed by atoms with E-state index in [1.54, 1.807) is 6.92 Å². The van der Waals surface area contributed by atoms with Crippen molar-refractivity contribution < 1.29 is 13.9 Å². The number of alkyl halides is 1. The fourth-order valence-corrected chi connectivity index (χ4v) is 1.65. The molecular formula is C8H9FN2O2S. The normalized spacial score (nSPS) is 17.9. The molecule has 2 rings (SSSR count). The van der Waals surface area contributed by atoms with E-state index in [0.717, 1.165) is 11.5 Å². The lowest BCUT2D eigenvalue weighted by atomic mass is 10.3. The second-order valence-electron chi connectivity index (χ2n) is 3.11. The van der Waals surface area contributed by atoms with Crippen molar-refractivity contribution in [2.24, 2.45) is 0 Å². The molecule has 0 aliphatic heterocycles. The smallest absolute Gasteiger partial charge is 0.369 e. The summed E-state index contributed by atoms with van der Waals surface area (Å²) in [6.45, 7) is 1.99. The lowest BCUT2D eigenvalue weighted by molar-refractivity contribution is 0.0525. The van der Waals surface area contributed by atoms with Gasteiger partial charge in [0, 0.05) is 0 Å². The van der Waals surface area contributed by atoms with E-state index in [2.05, 4.69) is 9.36 Å². The molecule has 0 N–H and O–H groups in total. The number of halogens is 1. The molecule has 1 heterocycles. The van der Waals surface area contributed by atoms with Crippen LogP contribution in [0.3, 0.4) is 0 Å². The minimum atomic E-state index is -1.37. The Hall–Kier alpha value is -1.04. The van der Waals surface area contributed by atoms with Crippen LogP contribution < -0.4 is 0 Å². The number of carbonyl (C=O) groups excluding carboxylic acids is 1. The summed E-state index contributed by atoms with van der Waals surface area (Å²) in [7, 11) is 0. The molecule has 0 unspecified atom stereocenters. The summed E-state index contributed by atoms with van der Waals surface area (Å²) in [5.41, 5.74) is -1.37. The Morgan fingerprint density at radius 1 is 1.71 bits per heavy atom. The van der Waals surface area contributed by atoms with E-state index in [9.17, 15) is 9.18 Å². The van der Waals surface area contributed by atoms with Crippen molar-refractivity contribution in [3.63, 3.8) is 0 Å². The Bertz CT molecular complexity index is 362. The number of esters is 1. The van der Waals surface area contributed by atoms with Crippen LogP contribution in [0.15, 0.2) is 0 Å². The van der Waals surface area contributed by atoms with Gasteiger partial charge < -0.3 is 4.74 Å². The summed E-state index contributed by atoms with van der Waals surface area (Å²) < 4.78 is 22.0. The highest BCUT2D eigenvalue weighted by Gasteiger charge is 2.49. The molecule has 1 saturated carbocycles. The van der Waals surface area contributed by atoms with E-state index in [1.807, 2.05) is 0 Å². The van der Waals surface area contributed by atoms with Crippen molar-refractivity contribution in [3.8, 4) is 0 Å². The van der Waals surface area contributed by atoms with Crippen molar-refractivity contribution >= 4 is 17.5 Å². The topological polar surface area (TPSA) is 52.1 Å². The second kappa shape index (κ2) is 3.27. The number of hydrogen-bond acceptors (Lipinski definition) is 5. The van der Waals surface area contributed by atoms with Gasteiger partial charge in [-0.3, -0.25) is 0 Å². The predicted molar refractivity (Wildman–Crippen MR) is 47.9 cm³/mol. The van der Waals surface area contributed by atoms with E-state index < -0.39 is 11.6 Å². The van der Waals surface area contributed by atoms with Gasteiger partial charge in [-0.2, -0.15) is 4.37 Å². The van der Waals surface area contributed by atoms with Crippen molar-refractivity contribution in [3.05, 3.63) is 10.8 Å². The fourth-order valence-electron chi connectivity index (χ4n) is 1.01. The zero-order valence-electron chi connectivity index (χ0n) is 7.62. The maximum atomic E-state index is 13.4. The molecule has 0 radical (unpaired) electrons. The summed E-state index contributed by atoms with van der Waals surface area (Å²) in [5.74, 6) is -0.397. The van der Waals surface area contributed by atoms with E-state index in [0.29, 0.717) is 12.8 Å². The lowest BCUT2D eigenvalue weighted by Crippen LogP contribution is -2.06. The molecule has 14 heavy (non-hydrogen) atoms. The molecule has 76 valence electrons. The van der Waals surface area contributed by atoms with Crippen LogP contribution in [0.4, 0.5) is 4.39 Å². The van der Waals surface area contributed by atoms with Gasteiger partial charge in [-0.05, 0) is 31.3 Å². The average Bonchev–Trinajstić information content (AvgIpc) is 2.72. The van der Waals surface area contributed by atoms with Crippen LogP contribution in [-0.4, -0.2) is 21.9 Å². The lowest BCUT2D eigenvalue weighted by Gasteiger charge is -1.96. The molecule has 1 aliphatic rings. The first-order valence-corrected chi connectivity index (χ1v) is 5.13. The van der Waals surface area contributed by atoms with Crippen LogP contribution in [0.2, 0.25) is 0 Å². The van der Waals surface area contributed by atoms with Gasteiger partial charge in [0.2, 0.25) is 5.01 Å². The number of nitrogens with zero attached hydrogens (tertiary/aromatic N) is 2. The van der Waals surface area contributed by atoms with Crippen LogP contribution >= 0.6 is 11.5 Å². The third-order valence-corrected chi connectivity index (χ3v) is 2.66. The maximum absolute atomic E-state index is 13.4. The van der Waals surface area contributed by atoms with Gasteiger partial charge in [-0.1, -0.05) is 0 Å². The average molecular weight is 216 g/mol. The predicted octanol–water partition coefficient (Wildman–Crippen LogP) is 1.67. The molecule has 1 fully saturated rings. The first-order valence-electron chi connectivity index (χ1n) is 4.36. The molecule has 1 aromatic rings. The highest BCUT2D eigenvalue weighted by molar-refractivity contribution is 7.07. The molecule has 0 spiro atoms. The Kier molecular flexibility index (Phi) is 2.22. The third kappa shape index (κ3) is 1.61. The Morgan fingerprint density at radius 2 is 2.43 bits per heavy atom. The second-order valence-corrected chi connectivity index (χ2v) is 3.86. The van der Waals surface area contributed by atoms with Crippen molar-refractivity contribution in [2.45, 2.75) is 25.4 Å². The number of hydrogen-bond donors (Lipinski definition) is 0. The van der Waals surface area contributed by atoms with Gasteiger partial charge in [0.05, 0.1) is 6.61 Å². The molecule has 0 saturated heterocycles. The quantitative estimate of drug-likeness (QED) is 0.721. The molecule has 0 aromatic carbocycles. The molecule has 0 amide bonds. The molecule has 1 aromatic heterocycles. The SMILES string of the molecule is CCOC(=O)c1nc(C2(F)CC2)ns1. The molecule has 6 heteroatoms. The fraction of sp³-hybridized carbons (Fsp3) is 0.625. The summed E-state index contributed by atoms with van der Waals surface area (Å²) >= 11 is 0.889. The van der Waals surface area contributed by atoms with Crippen molar-refractivity contribution in [1.82, 2.24) is 9.36 Å². The van der Waals surface area contributed by atoms with E-state index in [-0.39, 0.29) is 17.4 Å². The molecule has 0 atom stereocenters. The van der Waals surface area contributed by atoms with E-state index in [4.69, 9.17) is 4.74 Å². The Morgan fingerprint density at radius 3 is 3.00 bits per heavy atom.